The van der Waals surface area contributed by atoms with Gasteiger partial charge in [-0.3, -0.25) is 4.90 Å². The van der Waals surface area contributed by atoms with Crippen LogP contribution in [0.15, 0.2) is 28.9 Å². The van der Waals surface area contributed by atoms with E-state index in [2.05, 4.69) is 21.0 Å². The topological polar surface area (TPSA) is 104 Å². The zero-order chi connectivity index (χ0) is 23.5. The molecule has 2 heterocycles. The maximum Gasteiger partial charge on any atom is 0.333 e. The molecule has 3 aliphatic rings. The van der Waals surface area contributed by atoms with Crippen molar-refractivity contribution in [3.8, 4) is 0 Å². The van der Waals surface area contributed by atoms with E-state index in [9.17, 15) is 13.2 Å². The number of hydrogen-bond acceptors (Lipinski definition) is 6. The summed E-state index contributed by atoms with van der Waals surface area (Å²) in [6.07, 6.45) is 7.48. The molecule has 10 heteroatoms. The molecule has 1 aromatic carbocycles. The standard InChI is InChI=1S/C24H32N4O5S/c29-24(25-23-21-7-1-4-18(21)16-19-5-2-8-22(19)23)26-34(30,31)28(17-20-6-3-13-33-20)10-9-27-11-14-32-15-12-27/h3,6,13,16H,1-2,4-5,7-12,14-15,17H2,(H2,25,26,29). The third-order valence-electron chi connectivity index (χ3n) is 6.95. The summed E-state index contributed by atoms with van der Waals surface area (Å²) >= 11 is 0. The van der Waals surface area contributed by atoms with Gasteiger partial charge in [-0.1, -0.05) is 6.07 Å². The zero-order valence-electron chi connectivity index (χ0n) is 19.3. The summed E-state index contributed by atoms with van der Waals surface area (Å²) in [6.45, 7) is 3.62. The highest BCUT2D eigenvalue weighted by Gasteiger charge is 2.29. The summed E-state index contributed by atoms with van der Waals surface area (Å²) in [5.74, 6) is 0.520. The first-order valence-electron chi connectivity index (χ1n) is 12.1. The maximum absolute atomic E-state index is 13.3. The molecule has 0 spiro atoms. The number of hydrogen-bond donors (Lipinski definition) is 2. The van der Waals surface area contributed by atoms with E-state index in [1.54, 1.807) is 12.1 Å². The predicted octanol–water partition coefficient (Wildman–Crippen LogP) is 2.46. The lowest BCUT2D eigenvalue weighted by Crippen LogP contribution is -2.48. The Balaban J connectivity index is 1.30. The summed E-state index contributed by atoms with van der Waals surface area (Å²) in [5.41, 5.74) is 5.70. The van der Waals surface area contributed by atoms with Crippen LogP contribution in [0, 0.1) is 0 Å². The van der Waals surface area contributed by atoms with Crippen LogP contribution in [0.2, 0.25) is 0 Å². The molecule has 0 atom stereocenters. The number of carbonyl (C=O) groups is 1. The lowest BCUT2D eigenvalue weighted by Gasteiger charge is -2.29. The van der Waals surface area contributed by atoms with Crippen LogP contribution in [-0.2, 0) is 47.2 Å². The van der Waals surface area contributed by atoms with Crippen LogP contribution in [0.25, 0.3) is 0 Å². The van der Waals surface area contributed by atoms with E-state index in [0.29, 0.717) is 25.5 Å². The van der Waals surface area contributed by atoms with Crippen molar-refractivity contribution in [2.24, 2.45) is 0 Å². The lowest BCUT2D eigenvalue weighted by molar-refractivity contribution is 0.0360. The Hall–Kier alpha value is -2.40. The molecule has 1 saturated heterocycles. The van der Waals surface area contributed by atoms with Crippen LogP contribution in [-0.4, -0.2) is 63.0 Å². The summed E-state index contributed by atoms with van der Waals surface area (Å²) < 4.78 is 40.8. The molecule has 2 aliphatic carbocycles. The number of benzene rings is 1. The summed E-state index contributed by atoms with van der Waals surface area (Å²) in [7, 11) is -4.09. The molecule has 0 radical (unpaired) electrons. The number of amides is 2. The van der Waals surface area contributed by atoms with E-state index in [1.165, 1.54) is 21.7 Å². The van der Waals surface area contributed by atoms with E-state index in [-0.39, 0.29) is 13.1 Å². The van der Waals surface area contributed by atoms with Crippen LogP contribution in [0.5, 0.6) is 0 Å². The maximum atomic E-state index is 13.3. The molecule has 1 aliphatic heterocycles. The first-order valence-corrected chi connectivity index (χ1v) is 13.5. The van der Waals surface area contributed by atoms with Crippen LogP contribution >= 0.6 is 0 Å². The average Bonchev–Trinajstić information content (AvgIpc) is 3.58. The minimum absolute atomic E-state index is 0.0517. The molecule has 1 fully saturated rings. The monoisotopic (exact) mass is 488 g/mol. The molecule has 9 nitrogen and oxygen atoms in total. The van der Waals surface area contributed by atoms with Gasteiger partial charge >= 0.3 is 16.2 Å². The molecular formula is C24H32N4O5S. The van der Waals surface area contributed by atoms with E-state index in [1.807, 2.05) is 0 Å². The number of rotatable bonds is 8. The van der Waals surface area contributed by atoms with Crippen LogP contribution < -0.4 is 10.0 Å². The van der Waals surface area contributed by atoms with Gasteiger partial charge in [0.25, 0.3) is 0 Å². The number of anilines is 1. The number of morpholine rings is 1. The fourth-order valence-corrected chi connectivity index (χ4v) is 6.26. The number of carbonyl (C=O) groups excluding carboxylic acids is 1. The molecule has 184 valence electrons. The van der Waals surface area contributed by atoms with Crippen molar-refractivity contribution in [1.29, 1.82) is 0 Å². The first kappa shape index (κ1) is 23.3. The molecule has 34 heavy (non-hydrogen) atoms. The fraction of sp³-hybridized carbons (Fsp3) is 0.542. The van der Waals surface area contributed by atoms with Gasteiger partial charge in [0.2, 0.25) is 0 Å². The normalized spacial score (nSPS) is 18.1. The van der Waals surface area contributed by atoms with Gasteiger partial charge in [0.05, 0.1) is 26.0 Å². The smallest absolute Gasteiger partial charge is 0.333 e. The van der Waals surface area contributed by atoms with E-state index in [0.717, 1.165) is 68.4 Å². The first-order chi connectivity index (χ1) is 16.5. The molecule has 2 N–H and O–H groups in total. The lowest BCUT2D eigenvalue weighted by atomic mass is 9.99. The van der Waals surface area contributed by atoms with Crippen molar-refractivity contribution in [3.05, 3.63) is 52.5 Å². The minimum atomic E-state index is -4.09. The third-order valence-corrected chi connectivity index (χ3v) is 8.39. The molecule has 2 aromatic rings. The second-order valence-corrected chi connectivity index (χ2v) is 10.8. The molecule has 1 aromatic heterocycles. The minimum Gasteiger partial charge on any atom is -0.468 e. The van der Waals surface area contributed by atoms with Crippen LogP contribution in [0.4, 0.5) is 10.5 Å². The van der Waals surface area contributed by atoms with E-state index < -0.39 is 16.2 Å². The van der Waals surface area contributed by atoms with Crippen molar-refractivity contribution < 1.29 is 22.4 Å². The number of furan rings is 1. The Kier molecular flexibility index (Phi) is 6.91. The van der Waals surface area contributed by atoms with E-state index in [4.69, 9.17) is 9.15 Å². The largest absolute Gasteiger partial charge is 0.468 e. The SMILES string of the molecule is O=C(Nc1c2c(cc3c1CCC3)CCC2)NS(=O)(=O)N(CCN1CCOCC1)Cc1ccco1. The van der Waals surface area contributed by atoms with Gasteiger partial charge in [0, 0.05) is 31.9 Å². The molecule has 0 unspecified atom stereocenters. The Morgan fingerprint density at radius 1 is 1.06 bits per heavy atom. The van der Waals surface area contributed by atoms with Gasteiger partial charge in [0.15, 0.2) is 0 Å². The van der Waals surface area contributed by atoms with Gasteiger partial charge in [-0.2, -0.15) is 12.7 Å². The van der Waals surface area contributed by atoms with Crippen molar-refractivity contribution in [3.63, 3.8) is 0 Å². The van der Waals surface area contributed by atoms with Crippen LogP contribution in [0.3, 0.4) is 0 Å². The number of ether oxygens (including phenoxy) is 1. The summed E-state index contributed by atoms with van der Waals surface area (Å²) in [5, 5.41) is 2.91. The highest BCUT2D eigenvalue weighted by molar-refractivity contribution is 7.87. The number of nitrogens with one attached hydrogen (secondary N) is 2. The third kappa shape index (κ3) is 5.14. The van der Waals surface area contributed by atoms with Crippen molar-refractivity contribution >= 4 is 21.9 Å². The zero-order valence-corrected chi connectivity index (χ0v) is 20.2. The van der Waals surface area contributed by atoms with Crippen molar-refractivity contribution in [1.82, 2.24) is 13.9 Å². The van der Waals surface area contributed by atoms with Crippen LogP contribution in [0.1, 0.15) is 40.9 Å². The average molecular weight is 489 g/mol. The quantitative estimate of drug-likeness (QED) is 0.592. The Labute approximate surface area is 200 Å². The highest BCUT2D eigenvalue weighted by Crippen LogP contribution is 2.38. The molecular weight excluding hydrogens is 456 g/mol. The Morgan fingerprint density at radius 2 is 1.76 bits per heavy atom. The van der Waals surface area contributed by atoms with Crippen molar-refractivity contribution in [2.75, 3.05) is 44.7 Å². The Morgan fingerprint density at radius 3 is 2.41 bits per heavy atom. The second-order valence-electron chi connectivity index (χ2n) is 9.16. The van der Waals surface area contributed by atoms with Gasteiger partial charge in [0.1, 0.15) is 5.76 Å². The highest BCUT2D eigenvalue weighted by atomic mass is 32.2. The number of urea groups is 1. The van der Waals surface area contributed by atoms with Gasteiger partial charge in [-0.05, 0) is 72.9 Å². The summed E-state index contributed by atoms with van der Waals surface area (Å²) in [4.78, 5) is 15.1. The molecule has 5 rings (SSSR count). The number of aryl methyl sites for hydroxylation is 2. The number of fused-ring (bicyclic) bond motifs is 2. The number of nitrogens with zero attached hydrogens (tertiary/aromatic N) is 2. The van der Waals surface area contributed by atoms with Crippen molar-refractivity contribution in [2.45, 2.75) is 45.1 Å². The van der Waals surface area contributed by atoms with Gasteiger partial charge in [-0.25, -0.2) is 9.52 Å². The molecule has 0 bridgehead atoms. The Bertz CT molecular complexity index is 1090. The second kappa shape index (κ2) is 10.1. The molecule has 0 saturated carbocycles. The fourth-order valence-electron chi connectivity index (χ4n) is 5.23. The van der Waals surface area contributed by atoms with Gasteiger partial charge < -0.3 is 14.5 Å². The van der Waals surface area contributed by atoms with Gasteiger partial charge in [-0.15, -0.1) is 0 Å². The molecule has 2 amide bonds. The van der Waals surface area contributed by atoms with E-state index >= 15 is 0 Å². The predicted molar refractivity (Wildman–Crippen MR) is 128 cm³/mol. The summed E-state index contributed by atoms with van der Waals surface area (Å²) in [6, 6.07) is 5.01.